The predicted molar refractivity (Wildman–Crippen MR) is 111 cm³/mol. The molecule has 29 heavy (non-hydrogen) atoms. The van der Waals surface area contributed by atoms with Gasteiger partial charge in [0, 0.05) is 5.69 Å². The highest BCUT2D eigenvalue weighted by Gasteiger charge is 2.41. The van der Waals surface area contributed by atoms with Gasteiger partial charge in [0.05, 0.1) is 12.1 Å². The summed E-state index contributed by atoms with van der Waals surface area (Å²) in [6.07, 6.45) is -0.724. The highest BCUT2D eigenvalue weighted by Crippen LogP contribution is 2.36. The first-order valence-corrected chi connectivity index (χ1v) is 9.51. The second kappa shape index (κ2) is 8.16. The van der Waals surface area contributed by atoms with Crippen LogP contribution in [0.25, 0.3) is 0 Å². The van der Waals surface area contributed by atoms with E-state index in [9.17, 15) is 9.59 Å². The number of nitrogens with one attached hydrogen (secondary N) is 1. The van der Waals surface area contributed by atoms with Gasteiger partial charge in [-0.25, -0.2) is 4.98 Å². The van der Waals surface area contributed by atoms with Crippen LogP contribution in [0, 0.1) is 5.92 Å². The lowest BCUT2D eigenvalue weighted by molar-refractivity contribution is -0.130. The van der Waals surface area contributed by atoms with Crippen LogP contribution in [0.2, 0.25) is 5.02 Å². The van der Waals surface area contributed by atoms with E-state index in [0.717, 1.165) is 0 Å². The fraction of sp³-hybridized carbons (Fsp3) is 0.350. The van der Waals surface area contributed by atoms with Crippen LogP contribution in [0.1, 0.15) is 20.8 Å². The van der Waals surface area contributed by atoms with Crippen LogP contribution in [-0.4, -0.2) is 36.1 Å². The van der Waals surface area contributed by atoms with Crippen LogP contribution in [0.3, 0.4) is 0 Å². The van der Waals surface area contributed by atoms with Crippen LogP contribution in [-0.2, 0) is 9.59 Å². The molecule has 1 aliphatic heterocycles. The first-order chi connectivity index (χ1) is 13.7. The Labute approximate surface area is 173 Å². The zero-order valence-corrected chi connectivity index (χ0v) is 17.4. The van der Waals surface area contributed by atoms with Crippen molar-refractivity contribution in [3.63, 3.8) is 0 Å². The van der Waals surface area contributed by atoms with Gasteiger partial charge in [0.15, 0.2) is 17.7 Å². The van der Waals surface area contributed by atoms with Gasteiger partial charge in [-0.3, -0.25) is 14.5 Å². The van der Waals surface area contributed by atoms with E-state index >= 15 is 0 Å². The summed E-state index contributed by atoms with van der Waals surface area (Å²) in [7, 11) is 1.51. The zero-order valence-electron chi connectivity index (χ0n) is 16.6. The smallest absolute Gasteiger partial charge is 0.270 e. The lowest BCUT2D eigenvalue weighted by Crippen LogP contribution is -2.55. The maximum Gasteiger partial charge on any atom is 0.270 e. The van der Waals surface area contributed by atoms with E-state index in [1.165, 1.54) is 12.0 Å². The molecule has 2 atom stereocenters. The molecule has 3 N–H and O–H groups in total. The number of amides is 2. The molecule has 0 bridgehead atoms. The number of halogens is 1. The van der Waals surface area contributed by atoms with Crippen molar-refractivity contribution in [2.45, 2.75) is 32.9 Å². The molecule has 0 radical (unpaired) electrons. The second-order valence-electron chi connectivity index (χ2n) is 7.06. The Balaban J connectivity index is 1.90. The van der Waals surface area contributed by atoms with Crippen molar-refractivity contribution < 1.29 is 19.1 Å². The normalized spacial score (nSPS) is 16.8. The summed E-state index contributed by atoms with van der Waals surface area (Å²) in [5.41, 5.74) is 6.28. The lowest BCUT2D eigenvalue weighted by atomic mass is 10.0. The SMILES string of the molecule is COc1ccc(NC(=O)C(C)N2C(=O)C(C(C)C)Oc3ccc(N)nc32)cc1Cl. The van der Waals surface area contributed by atoms with Crippen LogP contribution in [0.5, 0.6) is 11.5 Å². The first kappa shape index (κ1) is 20.7. The quantitative estimate of drug-likeness (QED) is 0.772. The van der Waals surface area contributed by atoms with E-state index < -0.39 is 18.1 Å². The summed E-state index contributed by atoms with van der Waals surface area (Å²) in [6, 6.07) is 7.27. The van der Waals surface area contributed by atoms with Crippen molar-refractivity contribution in [2.75, 3.05) is 23.1 Å². The monoisotopic (exact) mass is 418 g/mol. The van der Waals surface area contributed by atoms with Gasteiger partial charge >= 0.3 is 0 Å². The molecule has 0 spiro atoms. The van der Waals surface area contributed by atoms with Crippen molar-refractivity contribution in [2.24, 2.45) is 5.92 Å². The number of methoxy groups -OCH3 is 1. The Kier molecular flexibility index (Phi) is 5.83. The van der Waals surface area contributed by atoms with Gasteiger partial charge in [-0.15, -0.1) is 0 Å². The van der Waals surface area contributed by atoms with E-state index in [2.05, 4.69) is 10.3 Å². The molecule has 2 amide bonds. The number of ether oxygens (including phenoxy) is 2. The van der Waals surface area contributed by atoms with Crippen LogP contribution < -0.4 is 25.4 Å². The number of nitrogens with two attached hydrogens (primary N) is 1. The number of nitrogen functional groups attached to an aromatic ring is 1. The van der Waals surface area contributed by atoms with Crippen molar-refractivity contribution >= 4 is 40.7 Å². The molecular weight excluding hydrogens is 396 g/mol. The molecule has 1 aliphatic rings. The summed E-state index contributed by atoms with van der Waals surface area (Å²) < 4.78 is 10.9. The van der Waals surface area contributed by atoms with Crippen molar-refractivity contribution in [1.29, 1.82) is 0 Å². The molecule has 9 heteroatoms. The van der Waals surface area contributed by atoms with Gasteiger partial charge in [-0.2, -0.15) is 0 Å². The van der Waals surface area contributed by atoms with E-state index in [1.807, 2.05) is 13.8 Å². The van der Waals surface area contributed by atoms with Crippen molar-refractivity contribution in [3.8, 4) is 11.5 Å². The van der Waals surface area contributed by atoms with Crippen molar-refractivity contribution in [3.05, 3.63) is 35.4 Å². The molecule has 3 rings (SSSR count). The molecule has 0 saturated carbocycles. The molecule has 8 nitrogen and oxygen atoms in total. The standard InChI is InChI=1S/C20H23ClN4O4/c1-10(2)17-20(27)25(18-15(29-17)7-8-16(22)24-18)11(3)19(26)23-12-5-6-14(28-4)13(21)9-12/h5-11,17H,1-4H3,(H2,22,24)(H,23,26). The number of carbonyl (C=O) groups is 2. The topological polar surface area (TPSA) is 107 Å². The Hall–Kier alpha value is -3.00. The first-order valence-electron chi connectivity index (χ1n) is 9.13. The number of rotatable bonds is 5. The number of pyridine rings is 1. The van der Waals surface area contributed by atoms with Gasteiger partial charge in [-0.1, -0.05) is 25.4 Å². The Morgan fingerprint density at radius 2 is 2.03 bits per heavy atom. The third-order valence-corrected chi connectivity index (χ3v) is 4.91. The van der Waals surface area contributed by atoms with E-state index in [1.54, 1.807) is 37.3 Å². The highest BCUT2D eigenvalue weighted by molar-refractivity contribution is 6.32. The Morgan fingerprint density at radius 1 is 1.31 bits per heavy atom. The number of anilines is 3. The Morgan fingerprint density at radius 3 is 2.66 bits per heavy atom. The van der Waals surface area contributed by atoms with Gasteiger partial charge in [0.2, 0.25) is 5.91 Å². The Bertz CT molecular complexity index is 950. The maximum absolute atomic E-state index is 13.1. The average Bonchev–Trinajstić information content (AvgIpc) is 2.67. The fourth-order valence-corrected chi connectivity index (χ4v) is 3.30. The third kappa shape index (κ3) is 4.07. The number of benzene rings is 1. The molecular formula is C20H23ClN4O4. The third-order valence-electron chi connectivity index (χ3n) is 4.62. The lowest BCUT2D eigenvalue weighted by Gasteiger charge is -2.37. The zero-order chi connectivity index (χ0) is 21.3. The molecule has 2 unspecified atom stereocenters. The number of carbonyl (C=O) groups excluding carboxylic acids is 2. The van der Waals surface area contributed by atoms with Crippen molar-refractivity contribution in [1.82, 2.24) is 4.98 Å². The molecule has 154 valence electrons. The van der Waals surface area contributed by atoms with E-state index in [0.29, 0.717) is 22.2 Å². The second-order valence-corrected chi connectivity index (χ2v) is 7.47. The van der Waals surface area contributed by atoms with Gasteiger partial charge < -0.3 is 20.5 Å². The molecule has 1 aromatic carbocycles. The minimum atomic E-state index is -0.860. The maximum atomic E-state index is 13.1. The van der Waals surface area contributed by atoms with E-state index in [-0.39, 0.29) is 23.5 Å². The molecule has 0 fully saturated rings. The number of aromatic nitrogens is 1. The van der Waals surface area contributed by atoms with E-state index in [4.69, 9.17) is 26.8 Å². The van der Waals surface area contributed by atoms with Crippen LogP contribution >= 0.6 is 11.6 Å². The highest BCUT2D eigenvalue weighted by atomic mass is 35.5. The molecule has 0 aliphatic carbocycles. The number of nitrogens with zero attached hydrogens (tertiary/aromatic N) is 2. The molecule has 2 heterocycles. The molecule has 1 aromatic heterocycles. The number of hydrogen-bond donors (Lipinski definition) is 2. The van der Waals surface area contributed by atoms with Gasteiger partial charge in [-0.05, 0) is 43.2 Å². The number of hydrogen-bond acceptors (Lipinski definition) is 6. The summed E-state index contributed by atoms with van der Waals surface area (Å²) in [4.78, 5) is 31.6. The van der Waals surface area contributed by atoms with Crippen LogP contribution in [0.4, 0.5) is 17.3 Å². The van der Waals surface area contributed by atoms with Gasteiger partial charge in [0.1, 0.15) is 17.6 Å². The fourth-order valence-electron chi connectivity index (χ4n) is 3.05. The van der Waals surface area contributed by atoms with Crippen LogP contribution in [0.15, 0.2) is 30.3 Å². The summed E-state index contributed by atoms with van der Waals surface area (Å²) in [5.74, 6) is 0.510. The predicted octanol–water partition coefficient (Wildman–Crippen LogP) is 3.10. The van der Waals surface area contributed by atoms with Gasteiger partial charge in [0.25, 0.3) is 5.91 Å². The number of fused-ring (bicyclic) bond motifs is 1. The minimum absolute atomic E-state index is 0.0913. The summed E-state index contributed by atoms with van der Waals surface area (Å²) >= 11 is 6.12. The minimum Gasteiger partial charge on any atom is -0.495 e. The summed E-state index contributed by atoms with van der Waals surface area (Å²) in [5, 5.41) is 3.13. The average molecular weight is 419 g/mol. The summed E-state index contributed by atoms with van der Waals surface area (Å²) in [6.45, 7) is 5.37. The largest absolute Gasteiger partial charge is 0.495 e. The molecule has 0 saturated heterocycles. The molecule has 2 aromatic rings.